The Labute approximate surface area is 538 Å². The Balaban J connectivity index is 0.000000165. The van der Waals surface area contributed by atoms with Gasteiger partial charge in [-0.25, -0.2) is 35.9 Å². The monoisotopic (exact) mass is 1310 g/mol. The molecule has 4 spiro atoms. The number of rotatable bonds is 0. The summed E-state index contributed by atoms with van der Waals surface area (Å²) in [6.45, 7) is 11.1. The van der Waals surface area contributed by atoms with E-state index in [2.05, 4.69) is 43.5 Å². The van der Waals surface area contributed by atoms with Crippen LogP contribution in [0, 0.1) is 35.5 Å². The van der Waals surface area contributed by atoms with Crippen LogP contribution in [0.3, 0.4) is 0 Å². The second-order valence-electron chi connectivity index (χ2n) is 28.0. The molecular weight excluding hydrogens is 1230 g/mol. The van der Waals surface area contributed by atoms with Gasteiger partial charge in [0.25, 0.3) is 11.8 Å². The summed E-state index contributed by atoms with van der Waals surface area (Å²) in [7, 11) is -7.89. The molecule has 2 amide bonds. The van der Waals surface area contributed by atoms with Gasteiger partial charge in [-0.05, 0) is 223 Å². The molecule has 22 heteroatoms. The van der Waals surface area contributed by atoms with E-state index in [0.29, 0.717) is 89.4 Å². The van der Waals surface area contributed by atoms with Crippen LogP contribution in [-0.2, 0) is 62.7 Å². The highest BCUT2D eigenvalue weighted by atomic mass is 35.5. The molecule has 4 aliphatic carbocycles. The maximum absolute atomic E-state index is 13.4. The molecule has 2 saturated carbocycles. The fraction of sp³-hybridized carbons (Fsp3) is 0.588. The normalized spacial score (nSPS) is 34.3. The molecule has 90 heavy (non-hydrogen) atoms. The SMILES string of the molecule is C[C@@H]1[C@@H](C)CCC[C@@]2(COC(=O)O2)[C@@H]2CC[C@H]2CN2C[C@@]3(CCCc4cc(Cl)ccc43)COc3ccc(cc32)C(=O)NS1(=O)=O.C[C@@H]1[C@@H](C)CCC[C@]2(COC(=O)O2)[C@@H]2CC[C@H]2CN2C[C@@]3(CCCc4cc(Cl)ccc43)COc3ccc(cc32)C(=O)NS1(=O)=O. The Kier molecular flexibility index (Phi) is 16.9. The molecule has 4 fully saturated rings. The van der Waals surface area contributed by atoms with Crippen LogP contribution >= 0.6 is 23.2 Å². The first-order chi connectivity index (χ1) is 43.0. The standard InChI is InChI=1S/2C34H41ClN2O7S/c2*1-21-5-3-14-34(20-43-32(39)44-34)28-10-7-25(28)17-37-18-33(13-4-6-23-15-26(35)9-11-27(23)33)19-42-30-12-8-24(16-29(30)37)31(38)36-45(40,41)22(21)2/h2*8-9,11-12,15-16,21-22,25,28H,3-7,10,13-14,17-20H2,1-2H3,(H,36,38)/t21-,22+,25-,28+,33-,34+;21-,22+,25-,28+,33-,34-/m00/s1. The van der Waals surface area contributed by atoms with Crippen molar-refractivity contribution in [2.75, 3.05) is 62.4 Å². The number of aryl methyl sites for hydroxylation is 2. The number of amides is 2. The fourth-order valence-corrected chi connectivity index (χ4v) is 19.9. The Morgan fingerprint density at radius 2 is 0.911 bits per heavy atom. The molecule has 484 valence electrons. The molecule has 4 aromatic rings. The van der Waals surface area contributed by atoms with Gasteiger partial charge < -0.3 is 38.2 Å². The van der Waals surface area contributed by atoms with Gasteiger partial charge in [-0.1, -0.05) is 49.2 Å². The molecule has 18 nitrogen and oxygen atoms in total. The number of hydrogen-bond acceptors (Lipinski definition) is 16. The first-order valence-electron chi connectivity index (χ1n) is 32.4. The Bertz CT molecular complexity index is 3500. The predicted molar refractivity (Wildman–Crippen MR) is 341 cm³/mol. The second kappa shape index (κ2) is 24.2. The van der Waals surface area contributed by atoms with Crippen LogP contribution in [0.4, 0.5) is 21.0 Å². The van der Waals surface area contributed by atoms with Gasteiger partial charge in [0, 0.05) is 70.0 Å². The molecule has 14 rings (SSSR count). The smallest absolute Gasteiger partial charge is 0.490 e. The summed E-state index contributed by atoms with van der Waals surface area (Å²) in [6.07, 6.45) is 12.2. The van der Waals surface area contributed by atoms with E-state index in [1.165, 1.54) is 22.3 Å². The van der Waals surface area contributed by atoms with Crippen LogP contribution < -0.4 is 28.7 Å². The number of nitrogens with one attached hydrogen (secondary N) is 2. The van der Waals surface area contributed by atoms with Crippen molar-refractivity contribution in [2.45, 2.75) is 163 Å². The van der Waals surface area contributed by atoms with Crippen molar-refractivity contribution in [3.8, 4) is 11.5 Å². The molecule has 6 heterocycles. The Morgan fingerprint density at radius 3 is 1.29 bits per heavy atom. The zero-order chi connectivity index (χ0) is 63.1. The number of halogens is 2. The second-order valence-corrected chi connectivity index (χ2v) is 32.9. The highest BCUT2D eigenvalue weighted by Gasteiger charge is 2.57. The number of carbonyl (C=O) groups is 4. The van der Waals surface area contributed by atoms with E-state index in [0.717, 1.165) is 85.6 Å². The highest BCUT2D eigenvalue weighted by Crippen LogP contribution is 2.54. The van der Waals surface area contributed by atoms with E-state index < -0.39 is 65.9 Å². The number of hydrogen-bond donors (Lipinski definition) is 2. The molecule has 12 atom stereocenters. The van der Waals surface area contributed by atoms with Gasteiger partial charge in [-0.2, -0.15) is 0 Å². The molecule has 2 N–H and O–H groups in total. The highest BCUT2D eigenvalue weighted by molar-refractivity contribution is 7.91. The molecule has 0 unspecified atom stereocenters. The van der Waals surface area contributed by atoms with Crippen molar-refractivity contribution in [1.29, 1.82) is 0 Å². The number of cyclic esters (lactones) is 2. The lowest BCUT2D eigenvalue weighted by Crippen LogP contribution is -2.54. The number of fused-ring (bicyclic) bond motifs is 10. The van der Waals surface area contributed by atoms with Gasteiger partial charge in [-0.15, -0.1) is 0 Å². The molecule has 0 radical (unpaired) electrons. The third-order valence-corrected chi connectivity index (χ3v) is 27.0. The first-order valence-corrected chi connectivity index (χ1v) is 36.3. The van der Waals surface area contributed by atoms with Gasteiger partial charge in [0.15, 0.2) is 11.2 Å². The number of nitrogens with zero attached hydrogens (tertiary/aromatic N) is 2. The topological polar surface area (TPSA) is 222 Å². The summed E-state index contributed by atoms with van der Waals surface area (Å²) in [5.74, 6) is 0.310. The zero-order valence-corrected chi connectivity index (χ0v) is 54.8. The summed E-state index contributed by atoms with van der Waals surface area (Å²) >= 11 is 12.8. The zero-order valence-electron chi connectivity index (χ0n) is 51.7. The van der Waals surface area contributed by atoms with Crippen molar-refractivity contribution < 1.29 is 64.4 Å². The number of sulfonamides is 2. The van der Waals surface area contributed by atoms with E-state index in [1.54, 1.807) is 50.2 Å². The van der Waals surface area contributed by atoms with Crippen molar-refractivity contribution in [1.82, 2.24) is 9.44 Å². The maximum atomic E-state index is 13.4. The average molecular weight is 1310 g/mol. The van der Waals surface area contributed by atoms with Crippen molar-refractivity contribution in [3.63, 3.8) is 0 Å². The van der Waals surface area contributed by atoms with Crippen LogP contribution in [0.15, 0.2) is 72.8 Å². The lowest BCUT2D eigenvalue weighted by molar-refractivity contribution is -0.0667. The molecule has 2 saturated heterocycles. The molecule has 4 bridgehead atoms. The van der Waals surface area contributed by atoms with Crippen LogP contribution in [0.25, 0.3) is 0 Å². The van der Waals surface area contributed by atoms with Crippen molar-refractivity contribution >= 4 is 78.7 Å². The lowest BCUT2D eigenvalue weighted by Gasteiger charge is -2.49. The summed E-state index contributed by atoms with van der Waals surface area (Å²) in [6, 6.07) is 22.7. The molecule has 0 aromatic heterocycles. The van der Waals surface area contributed by atoms with Crippen LogP contribution in [-0.4, -0.2) is 115 Å². The van der Waals surface area contributed by atoms with Crippen LogP contribution in [0.2, 0.25) is 10.0 Å². The minimum atomic E-state index is -3.95. The molecule has 6 aliphatic heterocycles. The van der Waals surface area contributed by atoms with E-state index in [9.17, 15) is 36.0 Å². The summed E-state index contributed by atoms with van der Waals surface area (Å²) in [5.41, 5.74) is 4.98. The van der Waals surface area contributed by atoms with Crippen LogP contribution in [0.1, 0.15) is 161 Å². The van der Waals surface area contributed by atoms with Gasteiger partial charge in [0.2, 0.25) is 20.0 Å². The van der Waals surface area contributed by atoms with Crippen molar-refractivity contribution in [3.05, 3.63) is 116 Å². The van der Waals surface area contributed by atoms with Gasteiger partial charge in [0.1, 0.15) is 24.7 Å². The lowest BCUT2D eigenvalue weighted by atomic mass is 9.63. The third-order valence-electron chi connectivity index (χ3n) is 22.7. The van der Waals surface area contributed by atoms with Gasteiger partial charge >= 0.3 is 12.3 Å². The van der Waals surface area contributed by atoms with E-state index in [4.69, 9.17) is 51.6 Å². The van der Waals surface area contributed by atoms with E-state index >= 15 is 0 Å². The van der Waals surface area contributed by atoms with E-state index in [-0.39, 0.29) is 70.7 Å². The number of benzene rings is 4. The van der Waals surface area contributed by atoms with E-state index in [1.807, 2.05) is 26.0 Å². The summed E-state index contributed by atoms with van der Waals surface area (Å²) < 4.78 is 94.0. The Hall–Kier alpha value is -5.96. The predicted octanol–water partition coefficient (Wildman–Crippen LogP) is 12.0. The van der Waals surface area contributed by atoms with Crippen LogP contribution in [0.5, 0.6) is 11.5 Å². The number of anilines is 2. The average Bonchev–Trinajstić information content (AvgIpc) is 1.49. The molecule has 4 aromatic carbocycles. The summed E-state index contributed by atoms with van der Waals surface area (Å²) in [5, 5.41) is -0.133. The number of ether oxygens (including phenoxy) is 6. The van der Waals surface area contributed by atoms with Gasteiger partial charge in [0.05, 0.1) is 35.1 Å². The third kappa shape index (κ3) is 11.8. The molecular formula is C68H82Cl2N4O14S2. The minimum absolute atomic E-state index is 0.112. The first kappa shape index (κ1) is 62.8. The largest absolute Gasteiger partial charge is 0.509 e. The minimum Gasteiger partial charge on any atom is -0.490 e. The summed E-state index contributed by atoms with van der Waals surface area (Å²) in [4.78, 5) is 56.3. The quantitative estimate of drug-likeness (QED) is 0.156. The van der Waals surface area contributed by atoms with Gasteiger partial charge in [-0.3, -0.25) is 9.59 Å². The molecule has 10 aliphatic rings. The fourth-order valence-electron chi connectivity index (χ4n) is 16.9. The van der Waals surface area contributed by atoms with Crippen molar-refractivity contribution in [2.24, 2.45) is 35.5 Å². The Morgan fingerprint density at radius 1 is 0.489 bits per heavy atom. The maximum Gasteiger partial charge on any atom is 0.509 e. The number of carbonyl (C=O) groups excluding carboxylic acids is 4.